The maximum atomic E-state index is 11.0. The molecule has 0 unspecified atom stereocenters. The third kappa shape index (κ3) is 5.99. The van der Waals surface area contributed by atoms with Gasteiger partial charge in [-0.15, -0.1) is 0 Å². The third-order valence-corrected chi connectivity index (χ3v) is 3.36. The summed E-state index contributed by atoms with van der Waals surface area (Å²) in [6.45, 7) is 2.52. The van der Waals surface area contributed by atoms with Gasteiger partial charge in [-0.3, -0.25) is 10.1 Å². The van der Waals surface area contributed by atoms with E-state index < -0.39 is 11.0 Å². The first kappa shape index (κ1) is 19.7. The lowest BCUT2D eigenvalue weighted by atomic mass is 10.2. The monoisotopic (exact) mass is 373 g/mol. The number of amides is 1. The predicted octanol–water partition coefficient (Wildman–Crippen LogP) is 3.26. The molecule has 9 heteroatoms. The van der Waals surface area contributed by atoms with E-state index in [9.17, 15) is 14.9 Å². The Hall–Kier alpha value is -3.62. The van der Waals surface area contributed by atoms with Crippen LogP contribution in [0.25, 0.3) is 0 Å². The molecule has 0 saturated heterocycles. The van der Waals surface area contributed by atoms with Crippen LogP contribution in [0.15, 0.2) is 47.6 Å². The van der Waals surface area contributed by atoms with Crippen LogP contribution < -0.4 is 14.9 Å². The number of hydrazone groups is 1. The highest BCUT2D eigenvalue weighted by Crippen LogP contribution is 2.29. The fourth-order valence-corrected chi connectivity index (χ4v) is 2.07. The Kier molecular flexibility index (Phi) is 7.12. The van der Waals surface area contributed by atoms with Crippen molar-refractivity contribution in [2.45, 2.75) is 13.5 Å². The Morgan fingerprint density at radius 3 is 2.56 bits per heavy atom. The van der Waals surface area contributed by atoms with Gasteiger partial charge < -0.3 is 14.2 Å². The number of ether oxygens (including phenoxy) is 3. The molecule has 0 aliphatic heterocycles. The second-order valence-electron chi connectivity index (χ2n) is 5.21. The minimum atomic E-state index is -0.667. The molecule has 0 radical (unpaired) electrons. The molecular weight excluding hydrogens is 354 g/mol. The second kappa shape index (κ2) is 9.76. The number of hydrogen-bond donors (Lipinski definition) is 1. The molecule has 0 spiro atoms. The molecule has 2 aromatic rings. The average molecular weight is 373 g/mol. The summed E-state index contributed by atoms with van der Waals surface area (Å²) < 4.78 is 15.8. The van der Waals surface area contributed by atoms with E-state index in [1.165, 1.54) is 25.5 Å². The van der Waals surface area contributed by atoms with Crippen molar-refractivity contribution in [3.63, 3.8) is 0 Å². The summed E-state index contributed by atoms with van der Waals surface area (Å²) in [4.78, 5) is 21.2. The standard InChI is InChI=1S/C18H19N3O6/c1-3-26-17-10-14(11-19-20-18(22)25-2)6-9-16(17)27-12-13-4-7-15(8-5-13)21(23)24/h4-11H,3,12H2,1-2H3,(H,20,22)/b19-11-. The lowest BCUT2D eigenvalue weighted by Gasteiger charge is -2.12. The van der Waals surface area contributed by atoms with Gasteiger partial charge in [0.1, 0.15) is 6.61 Å². The number of non-ortho nitro benzene ring substituents is 1. The summed E-state index contributed by atoms with van der Waals surface area (Å²) in [7, 11) is 1.25. The van der Waals surface area contributed by atoms with E-state index in [1.807, 2.05) is 6.92 Å². The number of carbonyl (C=O) groups is 1. The van der Waals surface area contributed by atoms with Crippen LogP contribution in [0.1, 0.15) is 18.1 Å². The van der Waals surface area contributed by atoms with Crippen LogP contribution in [-0.4, -0.2) is 30.9 Å². The van der Waals surface area contributed by atoms with Crippen molar-refractivity contribution < 1.29 is 23.9 Å². The lowest BCUT2D eigenvalue weighted by Crippen LogP contribution is -2.16. The normalized spacial score (nSPS) is 10.4. The molecule has 0 bridgehead atoms. The van der Waals surface area contributed by atoms with Crippen molar-refractivity contribution in [2.24, 2.45) is 5.10 Å². The van der Waals surface area contributed by atoms with E-state index in [0.29, 0.717) is 23.7 Å². The van der Waals surface area contributed by atoms with Crippen molar-refractivity contribution in [1.82, 2.24) is 5.43 Å². The number of rotatable bonds is 8. The van der Waals surface area contributed by atoms with Crippen LogP contribution in [0, 0.1) is 10.1 Å². The maximum Gasteiger partial charge on any atom is 0.427 e. The van der Waals surface area contributed by atoms with Crippen LogP contribution in [0.5, 0.6) is 11.5 Å². The Balaban J connectivity index is 2.06. The smallest absolute Gasteiger partial charge is 0.427 e. The summed E-state index contributed by atoms with van der Waals surface area (Å²) in [6, 6.07) is 11.3. The SMILES string of the molecule is CCOc1cc(/C=N\NC(=O)OC)ccc1OCc1ccc([N+](=O)[O-])cc1. The largest absolute Gasteiger partial charge is 0.490 e. The predicted molar refractivity (Wildman–Crippen MR) is 98.2 cm³/mol. The van der Waals surface area contributed by atoms with Crippen molar-refractivity contribution in [1.29, 1.82) is 0 Å². The number of nitro benzene ring substituents is 1. The molecule has 142 valence electrons. The minimum Gasteiger partial charge on any atom is -0.490 e. The van der Waals surface area contributed by atoms with Crippen molar-refractivity contribution in [3.05, 3.63) is 63.7 Å². The fourth-order valence-electron chi connectivity index (χ4n) is 2.07. The number of carbonyl (C=O) groups excluding carboxylic acids is 1. The van der Waals surface area contributed by atoms with E-state index in [1.54, 1.807) is 30.3 Å². The van der Waals surface area contributed by atoms with Crippen LogP contribution in [0.2, 0.25) is 0 Å². The summed E-state index contributed by atoms with van der Waals surface area (Å²) in [6.07, 6.45) is 0.777. The van der Waals surface area contributed by atoms with E-state index in [-0.39, 0.29) is 12.3 Å². The van der Waals surface area contributed by atoms with Gasteiger partial charge in [-0.25, -0.2) is 10.2 Å². The zero-order valence-electron chi connectivity index (χ0n) is 14.9. The van der Waals surface area contributed by atoms with Gasteiger partial charge in [0.15, 0.2) is 11.5 Å². The molecule has 1 N–H and O–H groups in total. The van der Waals surface area contributed by atoms with E-state index in [4.69, 9.17) is 9.47 Å². The topological polar surface area (TPSA) is 112 Å². The van der Waals surface area contributed by atoms with Gasteiger partial charge in [-0.05, 0) is 48.4 Å². The molecule has 2 rings (SSSR count). The van der Waals surface area contributed by atoms with Gasteiger partial charge in [0.25, 0.3) is 5.69 Å². The Labute approximate surface area is 155 Å². The van der Waals surface area contributed by atoms with Crippen molar-refractivity contribution >= 4 is 18.0 Å². The Morgan fingerprint density at radius 1 is 1.19 bits per heavy atom. The summed E-state index contributed by atoms with van der Waals surface area (Å²) in [5, 5.41) is 14.4. The van der Waals surface area contributed by atoms with Crippen molar-refractivity contribution in [3.8, 4) is 11.5 Å². The molecule has 1 amide bonds. The molecule has 0 heterocycles. The van der Waals surface area contributed by atoms with Gasteiger partial charge in [-0.1, -0.05) is 0 Å². The summed E-state index contributed by atoms with van der Waals surface area (Å²) in [5.41, 5.74) is 3.70. The third-order valence-electron chi connectivity index (χ3n) is 3.36. The number of hydrogen-bond acceptors (Lipinski definition) is 7. The zero-order chi connectivity index (χ0) is 19.6. The Morgan fingerprint density at radius 2 is 1.93 bits per heavy atom. The van der Waals surface area contributed by atoms with Crippen LogP contribution in [-0.2, 0) is 11.3 Å². The summed E-state index contributed by atoms with van der Waals surface area (Å²) >= 11 is 0. The van der Waals surface area contributed by atoms with Gasteiger partial charge in [0, 0.05) is 12.1 Å². The summed E-state index contributed by atoms with van der Waals surface area (Å²) in [5.74, 6) is 1.04. The average Bonchev–Trinajstić information content (AvgIpc) is 2.67. The van der Waals surface area contributed by atoms with Crippen LogP contribution in [0.4, 0.5) is 10.5 Å². The van der Waals surface area contributed by atoms with Gasteiger partial charge >= 0.3 is 6.09 Å². The number of methoxy groups -OCH3 is 1. The van der Waals surface area contributed by atoms with Crippen LogP contribution >= 0.6 is 0 Å². The maximum absolute atomic E-state index is 11.0. The second-order valence-corrected chi connectivity index (χ2v) is 5.21. The lowest BCUT2D eigenvalue weighted by molar-refractivity contribution is -0.384. The van der Waals surface area contributed by atoms with Gasteiger partial charge in [0.2, 0.25) is 0 Å². The molecule has 0 aromatic heterocycles. The highest BCUT2D eigenvalue weighted by atomic mass is 16.6. The quantitative estimate of drug-likeness (QED) is 0.432. The van der Waals surface area contributed by atoms with E-state index in [2.05, 4.69) is 15.3 Å². The number of nitro groups is 1. The fraction of sp³-hybridized carbons (Fsp3) is 0.222. The van der Waals surface area contributed by atoms with E-state index >= 15 is 0 Å². The van der Waals surface area contributed by atoms with Gasteiger partial charge in [-0.2, -0.15) is 5.10 Å². The van der Waals surface area contributed by atoms with Gasteiger partial charge in [0.05, 0.1) is 24.9 Å². The molecule has 9 nitrogen and oxygen atoms in total. The first-order valence-corrected chi connectivity index (χ1v) is 8.03. The molecular formula is C18H19N3O6. The molecule has 0 saturated carbocycles. The molecule has 0 aliphatic rings. The first-order valence-electron chi connectivity index (χ1n) is 8.03. The molecule has 0 atom stereocenters. The zero-order valence-corrected chi connectivity index (χ0v) is 14.9. The van der Waals surface area contributed by atoms with Crippen molar-refractivity contribution in [2.75, 3.05) is 13.7 Å². The number of nitrogens with zero attached hydrogens (tertiary/aromatic N) is 2. The highest BCUT2D eigenvalue weighted by Gasteiger charge is 2.08. The molecule has 0 aliphatic carbocycles. The Bertz CT molecular complexity index is 820. The molecule has 0 fully saturated rings. The molecule has 2 aromatic carbocycles. The highest BCUT2D eigenvalue weighted by molar-refractivity contribution is 5.82. The minimum absolute atomic E-state index is 0.0259. The molecule has 27 heavy (non-hydrogen) atoms. The van der Waals surface area contributed by atoms with Crippen LogP contribution in [0.3, 0.4) is 0 Å². The first-order chi connectivity index (χ1) is 13.0. The number of nitrogens with one attached hydrogen (secondary N) is 1. The number of benzene rings is 2. The van der Waals surface area contributed by atoms with E-state index in [0.717, 1.165) is 5.56 Å².